The summed E-state index contributed by atoms with van der Waals surface area (Å²) in [4.78, 5) is 16.7. The topological polar surface area (TPSA) is 40.5 Å². The van der Waals surface area contributed by atoms with Gasteiger partial charge in [0.2, 0.25) is 5.91 Å². The van der Waals surface area contributed by atoms with Crippen molar-refractivity contribution in [3.05, 3.63) is 22.4 Å². The number of nitrogens with zero attached hydrogens (tertiary/aromatic N) is 1. The molecule has 2 heterocycles. The summed E-state index contributed by atoms with van der Waals surface area (Å²) in [6, 6.07) is 4.21. The Labute approximate surface area is 137 Å². The van der Waals surface area contributed by atoms with Crippen molar-refractivity contribution in [1.29, 1.82) is 0 Å². The number of hydrogen-bond acceptors (Lipinski definition) is 3. The Hall–Kier alpha value is -0.870. The van der Waals surface area contributed by atoms with Crippen LogP contribution in [0.1, 0.15) is 56.7 Å². The Bertz CT molecular complexity index is 491. The lowest BCUT2D eigenvalue weighted by Gasteiger charge is -2.42. The van der Waals surface area contributed by atoms with Gasteiger partial charge < -0.3 is 10.0 Å². The van der Waals surface area contributed by atoms with Gasteiger partial charge in [-0.2, -0.15) is 0 Å². The largest absolute Gasteiger partial charge is 0.393 e. The van der Waals surface area contributed by atoms with Crippen LogP contribution in [0.5, 0.6) is 0 Å². The van der Waals surface area contributed by atoms with Gasteiger partial charge in [0.05, 0.1) is 11.5 Å². The minimum atomic E-state index is -0.320. The minimum Gasteiger partial charge on any atom is -0.393 e. The van der Waals surface area contributed by atoms with E-state index in [0.717, 1.165) is 51.6 Å². The van der Waals surface area contributed by atoms with Gasteiger partial charge in [0, 0.05) is 23.9 Å². The van der Waals surface area contributed by atoms with Crippen LogP contribution in [0, 0.1) is 5.92 Å². The molecule has 1 N–H and O–H groups in total. The monoisotopic (exact) mass is 321 g/mol. The summed E-state index contributed by atoms with van der Waals surface area (Å²) < 4.78 is 0. The van der Waals surface area contributed by atoms with E-state index in [1.807, 2.05) is 11.8 Å². The Kier molecular flexibility index (Phi) is 4.88. The zero-order valence-electron chi connectivity index (χ0n) is 13.5. The first-order valence-electron chi connectivity index (χ1n) is 8.65. The van der Waals surface area contributed by atoms with E-state index in [1.165, 1.54) is 11.3 Å². The van der Waals surface area contributed by atoms with Crippen molar-refractivity contribution >= 4 is 17.2 Å². The Morgan fingerprint density at radius 2 is 2.14 bits per heavy atom. The van der Waals surface area contributed by atoms with Crippen LogP contribution in [-0.4, -0.2) is 35.1 Å². The number of hydrogen-bond donors (Lipinski definition) is 1. The molecule has 1 aromatic rings. The van der Waals surface area contributed by atoms with Crippen LogP contribution in [0.25, 0.3) is 0 Å². The molecule has 4 heteroatoms. The van der Waals surface area contributed by atoms with E-state index < -0.39 is 0 Å². The van der Waals surface area contributed by atoms with E-state index >= 15 is 0 Å². The highest BCUT2D eigenvalue weighted by Crippen LogP contribution is 2.43. The molecule has 1 aromatic heterocycles. The fraction of sp³-hybridized carbons (Fsp3) is 0.722. The highest BCUT2D eigenvalue weighted by atomic mass is 32.1. The van der Waals surface area contributed by atoms with Gasteiger partial charge in [-0.15, -0.1) is 11.3 Å². The van der Waals surface area contributed by atoms with E-state index in [-0.39, 0.29) is 17.4 Å². The molecule has 1 aliphatic heterocycles. The lowest BCUT2D eigenvalue weighted by Crippen LogP contribution is -2.52. The summed E-state index contributed by atoms with van der Waals surface area (Å²) in [6.07, 6.45) is 7.25. The second-order valence-corrected chi connectivity index (χ2v) is 7.96. The van der Waals surface area contributed by atoms with E-state index in [9.17, 15) is 9.90 Å². The fourth-order valence-corrected chi connectivity index (χ4v) is 5.14. The van der Waals surface area contributed by atoms with Gasteiger partial charge in [-0.05, 0) is 44.1 Å². The maximum absolute atomic E-state index is 13.4. The zero-order chi connectivity index (χ0) is 15.6. The third kappa shape index (κ3) is 2.95. The van der Waals surface area contributed by atoms with Gasteiger partial charge in [-0.1, -0.05) is 25.3 Å². The summed E-state index contributed by atoms with van der Waals surface area (Å²) in [6.45, 7) is 3.44. The molecule has 22 heavy (non-hydrogen) atoms. The second kappa shape index (κ2) is 6.71. The number of carbonyl (C=O) groups excluding carboxylic acids is 1. The van der Waals surface area contributed by atoms with Crippen molar-refractivity contribution in [3.8, 4) is 0 Å². The molecule has 2 atom stereocenters. The molecule has 122 valence electrons. The number of thiophene rings is 1. The minimum absolute atomic E-state index is 0.238. The van der Waals surface area contributed by atoms with E-state index in [1.54, 1.807) is 11.3 Å². The maximum Gasteiger partial charge on any atom is 0.234 e. The number of likely N-dealkylation sites (tertiary alicyclic amines) is 1. The molecule has 0 aromatic carbocycles. The quantitative estimate of drug-likeness (QED) is 0.924. The molecule has 3 nitrogen and oxygen atoms in total. The van der Waals surface area contributed by atoms with Crippen LogP contribution in [0.4, 0.5) is 0 Å². The van der Waals surface area contributed by atoms with Gasteiger partial charge in [0.25, 0.3) is 0 Å². The first-order valence-corrected chi connectivity index (χ1v) is 9.53. The average Bonchev–Trinajstić information content (AvgIpc) is 3.10. The van der Waals surface area contributed by atoms with Crippen molar-refractivity contribution in [2.24, 2.45) is 5.92 Å². The van der Waals surface area contributed by atoms with Gasteiger partial charge in [-0.25, -0.2) is 0 Å². The first-order chi connectivity index (χ1) is 10.6. The standard InChI is InChI=1S/C18H27NO2S/c1-14(20)15-7-5-11-19(13-15)17(21)18(9-3-2-4-10-18)16-8-6-12-22-16/h6,8,12,14-15,20H,2-5,7,9-11,13H2,1H3. The number of amides is 1. The van der Waals surface area contributed by atoms with E-state index in [0.29, 0.717) is 5.91 Å². The summed E-state index contributed by atoms with van der Waals surface area (Å²) in [5.74, 6) is 0.557. The molecule has 1 amide bonds. The summed E-state index contributed by atoms with van der Waals surface area (Å²) in [5.41, 5.74) is -0.285. The number of carbonyl (C=O) groups is 1. The summed E-state index contributed by atoms with van der Waals surface area (Å²) >= 11 is 1.73. The normalized spacial score (nSPS) is 26.6. The average molecular weight is 321 g/mol. The van der Waals surface area contributed by atoms with Gasteiger partial charge in [0.15, 0.2) is 0 Å². The third-order valence-corrected chi connectivity index (χ3v) is 6.61. The molecule has 0 spiro atoms. The predicted molar refractivity (Wildman–Crippen MR) is 90.1 cm³/mol. The summed E-state index contributed by atoms with van der Waals surface area (Å²) in [7, 11) is 0. The van der Waals surface area contributed by atoms with E-state index in [2.05, 4.69) is 17.5 Å². The molecule has 1 saturated heterocycles. The third-order valence-electron chi connectivity index (χ3n) is 5.54. The number of piperidine rings is 1. The SMILES string of the molecule is CC(O)C1CCCN(C(=O)C2(c3cccs3)CCCCC2)C1. The van der Waals surface area contributed by atoms with Crippen molar-refractivity contribution in [3.63, 3.8) is 0 Å². The first kappa shape index (κ1) is 16.0. The molecule has 2 fully saturated rings. The number of rotatable bonds is 3. The Morgan fingerprint density at radius 1 is 1.36 bits per heavy atom. The molecule has 0 radical (unpaired) electrons. The Balaban J connectivity index is 1.83. The van der Waals surface area contributed by atoms with Gasteiger partial charge >= 0.3 is 0 Å². The van der Waals surface area contributed by atoms with Crippen molar-refractivity contribution < 1.29 is 9.90 Å². The van der Waals surface area contributed by atoms with Crippen molar-refractivity contribution in [1.82, 2.24) is 4.90 Å². The van der Waals surface area contributed by atoms with Crippen molar-refractivity contribution in [2.75, 3.05) is 13.1 Å². The smallest absolute Gasteiger partial charge is 0.234 e. The molecular formula is C18H27NO2S. The van der Waals surface area contributed by atoms with Crippen LogP contribution in [-0.2, 0) is 10.2 Å². The lowest BCUT2D eigenvalue weighted by atomic mass is 9.71. The van der Waals surface area contributed by atoms with Crippen LogP contribution < -0.4 is 0 Å². The van der Waals surface area contributed by atoms with Gasteiger partial charge in [0.1, 0.15) is 0 Å². The van der Waals surface area contributed by atoms with E-state index in [4.69, 9.17) is 0 Å². The maximum atomic E-state index is 13.4. The highest BCUT2D eigenvalue weighted by molar-refractivity contribution is 7.10. The van der Waals surface area contributed by atoms with Gasteiger partial charge in [-0.3, -0.25) is 4.79 Å². The number of aliphatic hydroxyl groups excluding tert-OH is 1. The predicted octanol–water partition coefficient (Wildman–Crippen LogP) is 3.57. The van der Waals surface area contributed by atoms with Crippen LogP contribution in [0.3, 0.4) is 0 Å². The summed E-state index contributed by atoms with van der Waals surface area (Å²) in [5, 5.41) is 12.0. The molecular weight excluding hydrogens is 294 g/mol. The molecule has 1 saturated carbocycles. The molecule has 3 rings (SSSR count). The molecule has 0 bridgehead atoms. The molecule has 2 unspecified atom stereocenters. The van der Waals surface area contributed by atoms with Crippen LogP contribution in [0.15, 0.2) is 17.5 Å². The fourth-order valence-electron chi connectivity index (χ4n) is 4.16. The molecule has 2 aliphatic rings. The second-order valence-electron chi connectivity index (χ2n) is 7.01. The highest BCUT2D eigenvalue weighted by Gasteiger charge is 2.45. The van der Waals surface area contributed by atoms with Crippen molar-refractivity contribution in [2.45, 2.75) is 63.4 Å². The number of aliphatic hydroxyl groups is 1. The zero-order valence-corrected chi connectivity index (χ0v) is 14.3. The van der Waals surface area contributed by atoms with Crippen LogP contribution >= 0.6 is 11.3 Å². The lowest BCUT2D eigenvalue weighted by molar-refractivity contribution is -0.141. The van der Waals surface area contributed by atoms with Crippen LogP contribution in [0.2, 0.25) is 0 Å². The molecule has 1 aliphatic carbocycles. The Morgan fingerprint density at radius 3 is 2.77 bits per heavy atom.